The standard InChI is InChI=1S/C20H19BrF5NO3/c21-13-2-4-18(17(8-13)27-9-16(23)19(10-27)29-6-5-28)30-11-12-1-3-15(22)14(7-12)20(24,25)26/h1-4,7-8,16,19,28H,5-6,9-11H2/t16-,19+/m1/s1. The number of alkyl halides is 4. The molecule has 0 spiro atoms. The van der Waals surface area contributed by atoms with Crippen molar-refractivity contribution in [1.82, 2.24) is 0 Å². The summed E-state index contributed by atoms with van der Waals surface area (Å²) in [7, 11) is 0. The summed E-state index contributed by atoms with van der Waals surface area (Å²) in [6, 6.07) is 7.69. The van der Waals surface area contributed by atoms with Crippen molar-refractivity contribution in [3.05, 3.63) is 57.8 Å². The van der Waals surface area contributed by atoms with Gasteiger partial charge >= 0.3 is 6.18 Å². The summed E-state index contributed by atoms with van der Waals surface area (Å²) in [4.78, 5) is 1.71. The van der Waals surface area contributed by atoms with Crippen LogP contribution in [0.4, 0.5) is 27.6 Å². The number of hydrogen-bond acceptors (Lipinski definition) is 4. The molecule has 0 aromatic heterocycles. The molecule has 1 fully saturated rings. The van der Waals surface area contributed by atoms with Gasteiger partial charge in [0.25, 0.3) is 0 Å². The van der Waals surface area contributed by atoms with Crippen LogP contribution in [0, 0.1) is 5.82 Å². The monoisotopic (exact) mass is 495 g/mol. The van der Waals surface area contributed by atoms with Gasteiger partial charge in [0, 0.05) is 11.0 Å². The summed E-state index contributed by atoms with van der Waals surface area (Å²) in [5.74, 6) is -1.01. The highest BCUT2D eigenvalue weighted by atomic mass is 79.9. The second-order valence-corrected chi connectivity index (χ2v) is 7.68. The number of hydrogen-bond donors (Lipinski definition) is 1. The molecule has 4 nitrogen and oxygen atoms in total. The topological polar surface area (TPSA) is 41.9 Å². The number of nitrogens with zero attached hydrogens (tertiary/aromatic N) is 1. The minimum absolute atomic E-state index is 0.0207. The molecule has 1 aliphatic heterocycles. The first-order chi connectivity index (χ1) is 14.2. The van der Waals surface area contributed by atoms with E-state index in [1.165, 1.54) is 6.07 Å². The molecule has 3 rings (SSSR count). The predicted molar refractivity (Wildman–Crippen MR) is 104 cm³/mol. The molecule has 1 saturated heterocycles. The van der Waals surface area contributed by atoms with Crippen molar-refractivity contribution in [1.29, 1.82) is 0 Å². The van der Waals surface area contributed by atoms with E-state index in [1.54, 1.807) is 23.1 Å². The second-order valence-electron chi connectivity index (χ2n) is 6.77. The lowest BCUT2D eigenvalue weighted by molar-refractivity contribution is -0.140. The molecule has 0 saturated carbocycles. The first-order valence-corrected chi connectivity index (χ1v) is 9.88. The van der Waals surface area contributed by atoms with Gasteiger partial charge in [0.15, 0.2) is 0 Å². The molecule has 0 unspecified atom stereocenters. The number of anilines is 1. The molecule has 2 aromatic rings. The zero-order chi connectivity index (χ0) is 21.9. The first kappa shape index (κ1) is 22.8. The molecule has 1 heterocycles. The highest BCUT2D eigenvalue weighted by Gasteiger charge is 2.35. The summed E-state index contributed by atoms with van der Waals surface area (Å²) in [5.41, 5.74) is -0.671. The minimum Gasteiger partial charge on any atom is -0.487 e. The van der Waals surface area contributed by atoms with E-state index < -0.39 is 29.8 Å². The van der Waals surface area contributed by atoms with Crippen LogP contribution in [0.3, 0.4) is 0 Å². The zero-order valence-corrected chi connectivity index (χ0v) is 17.2. The Bertz CT molecular complexity index is 880. The van der Waals surface area contributed by atoms with E-state index >= 15 is 0 Å². The van der Waals surface area contributed by atoms with E-state index in [4.69, 9.17) is 14.6 Å². The quantitative estimate of drug-likeness (QED) is 0.564. The van der Waals surface area contributed by atoms with Gasteiger partial charge in [-0.2, -0.15) is 13.2 Å². The third-order valence-electron chi connectivity index (χ3n) is 4.61. The summed E-state index contributed by atoms with van der Waals surface area (Å²) in [6.45, 7) is -0.158. The van der Waals surface area contributed by atoms with Crippen LogP contribution in [0.15, 0.2) is 40.9 Å². The highest BCUT2D eigenvalue weighted by Crippen LogP contribution is 2.36. The van der Waals surface area contributed by atoms with Gasteiger partial charge in [-0.1, -0.05) is 22.0 Å². The van der Waals surface area contributed by atoms with Gasteiger partial charge < -0.3 is 19.5 Å². The van der Waals surface area contributed by atoms with Crippen LogP contribution in [0.25, 0.3) is 0 Å². The third-order valence-corrected chi connectivity index (χ3v) is 5.11. The Morgan fingerprint density at radius 3 is 2.60 bits per heavy atom. The third kappa shape index (κ3) is 5.41. The minimum atomic E-state index is -4.81. The van der Waals surface area contributed by atoms with Crippen LogP contribution in [-0.2, 0) is 17.5 Å². The summed E-state index contributed by atoms with van der Waals surface area (Å²) < 4.78 is 78.2. The maximum Gasteiger partial charge on any atom is 0.419 e. The number of halogens is 6. The Labute approximate surface area is 178 Å². The summed E-state index contributed by atoms with van der Waals surface area (Å²) >= 11 is 3.34. The lowest BCUT2D eigenvalue weighted by Gasteiger charge is -2.22. The molecule has 0 amide bonds. The van der Waals surface area contributed by atoms with Crippen molar-refractivity contribution >= 4 is 21.6 Å². The zero-order valence-electron chi connectivity index (χ0n) is 15.6. The van der Waals surface area contributed by atoms with E-state index in [0.717, 1.165) is 6.07 Å². The molecule has 30 heavy (non-hydrogen) atoms. The molecule has 2 aromatic carbocycles. The molecule has 2 atom stereocenters. The highest BCUT2D eigenvalue weighted by molar-refractivity contribution is 9.10. The molecular formula is C20H19BrF5NO3. The molecule has 0 radical (unpaired) electrons. The second kappa shape index (κ2) is 9.49. The Kier molecular flexibility index (Phi) is 7.20. The van der Waals surface area contributed by atoms with E-state index in [1.807, 2.05) is 0 Å². The molecule has 1 N–H and O–H groups in total. The Morgan fingerprint density at radius 1 is 1.13 bits per heavy atom. The van der Waals surface area contributed by atoms with E-state index in [2.05, 4.69) is 15.9 Å². The molecule has 0 aliphatic carbocycles. The van der Waals surface area contributed by atoms with Crippen LogP contribution in [0.2, 0.25) is 0 Å². The fraction of sp³-hybridized carbons (Fsp3) is 0.400. The maximum absolute atomic E-state index is 14.3. The lowest BCUT2D eigenvalue weighted by atomic mass is 10.1. The Morgan fingerprint density at radius 2 is 1.90 bits per heavy atom. The normalized spacial score (nSPS) is 19.4. The van der Waals surface area contributed by atoms with E-state index in [9.17, 15) is 22.0 Å². The average molecular weight is 496 g/mol. The van der Waals surface area contributed by atoms with Crippen molar-refractivity contribution in [3.8, 4) is 5.75 Å². The summed E-state index contributed by atoms with van der Waals surface area (Å²) in [6.07, 6.45) is -6.79. The van der Waals surface area contributed by atoms with Gasteiger partial charge in [-0.3, -0.25) is 0 Å². The van der Waals surface area contributed by atoms with Crippen molar-refractivity contribution in [3.63, 3.8) is 0 Å². The van der Waals surface area contributed by atoms with Crippen molar-refractivity contribution in [2.24, 2.45) is 0 Å². The first-order valence-electron chi connectivity index (χ1n) is 9.08. The number of benzene rings is 2. The maximum atomic E-state index is 14.3. The van der Waals surface area contributed by atoms with Gasteiger partial charge in [-0.05, 0) is 35.9 Å². The molecule has 164 valence electrons. The molecule has 0 bridgehead atoms. The predicted octanol–water partition coefficient (Wildman–Crippen LogP) is 4.72. The van der Waals surface area contributed by atoms with E-state index in [-0.39, 0.29) is 38.5 Å². The average Bonchev–Trinajstić information content (AvgIpc) is 3.06. The van der Waals surface area contributed by atoms with E-state index in [0.29, 0.717) is 22.0 Å². The number of aliphatic hydroxyl groups excluding tert-OH is 1. The fourth-order valence-electron chi connectivity index (χ4n) is 3.19. The van der Waals surface area contributed by atoms with Crippen LogP contribution in [0.5, 0.6) is 5.75 Å². The molecule has 10 heteroatoms. The van der Waals surface area contributed by atoms with Crippen LogP contribution < -0.4 is 9.64 Å². The Balaban J connectivity index is 1.77. The molecule has 1 aliphatic rings. The van der Waals surface area contributed by atoms with Crippen molar-refractivity contribution < 1.29 is 36.5 Å². The number of rotatable bonds is 7. The van der Waals surface area contributed by atoms with Gasteiger partial charge in [0.1, 0.15) is 30.4 Å². The van der Waals surface area contributed by atoms with Gasteiger partial charge in [-0.25, -0.2) is 8.78 Å². The van der Waals surface area contributed by atoms with Crippen LogP contribution in [0.1, 0.15) is 11.1 Å². The largest absolute Gasteiger partial charge is 0.487 e. The lowest BCUT2D eigenvalue weighted by Crippen LogP contribution is -2.26. The van der Waals surface area contributed by atoms with Crippen molar-refractivity contribution in [2.45, 2.75) is 25.1 Å². The summed E-state index contributed by atoms with van der Waals surface area (Å²) in [5, 5.41) is 8.86. The SMILES string of the molecule is OCCO[C@H]1CN(c2cc(Br)ccc2OCc2ccc(F)c(C(F)(F)F)c2)C[C@H]1F. The van der Waals surface area contributed by atoms with Gasteiger partial charge in [0.2, 0.25) is 0 Å². The van der Waals surface area contributed by atoms with Crippen molar-refractivity contribution in [2.75, 3.05) is 31.2 Å². The van der Waals surface area contributed by atoms with Gasteiger partial charge in [0.05, 0.1) is 31.0 Å². The Hall–Kier alpha value is -1.91. The number of ether oxygens (including phenoxy) is 2. The van der Waals surface area contributed by atoms with Gasteiger partial charge in [-0.15, -0.1) is 0 Å². The number of aliphatic hydroxyl groups is 1. The smallest absolute Gasteiger partial charge is 0.419 e. The fourth-order valence-corrected chi connectivity index (χ4v) is 3.54. The van der Waals surface area contributed by atoms with Crippen LogP contribution >= 0.6 is 15.9 Å². The molecular weight excluding hydrogens is 477 g/mol. The van der Waals surface area contributed by atoms with Crippen LogP contribution in [-0.4, -0.2) is 43.7 Å².